The second-order valence-corrected chi connectivity index (χ2v) is 4.86. The Kier molecular flexibility index (Phi) is 3.11. The van der Waals surface area contributed by atoms with Crippen molar-refractivity contribution >= 4 is 11.8 Å². The number of hydrogen-bond acceptors (Lipinski definition) is 4. The Hall–Kier alpha value is -1.84. The highest BCUT2D eigenvalue weighted by Gasteiger charge is 2.35. The van der Waals surface area contributed by atoms with Gasteiger partial charge in [0.25, 0.3) is 0 Å². The number of hydrogen-bond donors (Lipinski definition) is 0. The average Bonchev–Trinajstić information content (AvgIpc) is 2.26. The maximum Gasteiger partial charge on any atom is 0.338 e. The van der Waals surface area contributed by atoms with E-state index >= 15 is 0 Å². The third kappa shape index (κ3) is 2.23. The highest BCUT2D eigenvalue weighted by Crippen LogP contribution is 2.35. The summed E-state index contributed by atoms with van der Waals surface area (Å²) < 4.78 is 10.7. The number of Topliss-reactive ketones (excluding diaryl/α,β-unsaturated/α-hetero) is 1. The van der Waals surface area contributed by atoms with Crippen molar-refractivity contribution in [1.29, 1.82) is 0 Å². The Labute approximate surface area is 106 Å². The van der Waals surface area contributed by atoms with Gasteiger partial charge in [-0.25, -0.2) is 4.79 Å². The molecule has 2 rings (SSSR count). The van der Waals surface area contributed by atoms with Crippen molar-refractivity contribution in [2.24, 2.45) is 0 Å². The molecule has 1 aliphatic rings. The zero-order chi connectivity index (χ0) is 13.3. The van der Waals surface area contributed by atoms with Crippen molar-refractivity contribution in [2.45, 2.75) is 32.8 Å². The molecule has 0 saturated heterocycles. The molecule has 0 unspecified atom stereocenters. The standard InChI is InChI=1S/C14H16O4/c1-4-17-13(16)9-6-5-7-11-12(9)10(15)8-14(2,3)18-11/h5-7H,4,8H2,1-3H3. The number of ketones is 1. The van der Waals surface area contributed by atoms with Gasteiger partial charge in [-0.05, 0) is 32.9 Å². The van der Waals surface area contributed by atoms with Gasteiger partial charge in [0.2, 0.25) is 0 Å². The second kappa shape index (κ2) is 4.44. The molecule has 0 fully saturated rings. The summed E-state index contributed by atoms with van der Waals surface area (Å²) in [4.78, 5) is 23.9. The lowest BCUT2D eigenvalue weighted by molar-refractivity contribution is 0.0498. The minimum atomic E-state index is -0.530. The molecule has 0 amide bonds. The van der Waals surface area contributed by atoms with Crippen LogP contribution in [-0.4, -0.2) is 24.0 Å². The first-order chi connectivity index (χ1) is 8.44. The topological polar surface area (TPSA) is 52.6 Å². The third-order valence-corrected chi connectivity index (χ3v) is 2.77. The number of ether oxygens (including phenoxy) is 2. The van der Waals surface area contributed by atoms with Crippen LogP contribution in [0, 0.1) is 0 Å². The van der Waals surface area contributed by atoms with Gasteiger partial charge in [0.1, 0.15) is 11.4 Å². The van der Waals surface area contributed by atoms with E-state index in [0.29, 0.717) is 11.3 Å². The number of fused-ring (bicyclic) bond motifs is 1. The van der Waals surface area contributed by atoms with Gasteiger partial charge < -0.3 is 9.47 Å². The molecule has 0 N–H and O–H groups in total. The number of carbonyl (C=O) groups is 2. The first-order valence-corrected chi connectivity index (χ1v) is 5.97. The smallest absolute Gasteiger partial charge is 0.338 e. The molecule has 0 saturated carbocycles. The first kappa shape index (κ1) is 12.6. The predicted molar refractivity (Wildman–Crippen MR) is 66.1 cm³/mol. The van der Waals surface area contributed by atoms with E-state index in [-0.39, 0.29) is 24.4 Å². The summed E-state index contributed by atoms with van der Waals surface area (Å²) >= 11 is 0. The zero-order valence-electron chi connectivity index (χ0n) is 10.8. The quantitative estimate of drug-likeness (QED) is 0.755. The molecule has 0 bridgehead atoms. The van der Waals surface area contributed by atoms with Crippen LogP contribution < -0.4 is 4.74 Å². The van der Waals surface area contributed by atoms with E-state index in [1.807, 2.05) is 13.8 Å². The molecule has 0 radical (unpaired) electrons. The summed E-state index contributed by atoms with van der Waals surface area (Å²) in [7, 11) is 0. The Morgan fingerprint density at radius 1 is 1.44 bits per heavy atom. The molecular weight excluding hydrogens is 232 g/mol. The third-order valence-electron chi connectivity index (χ3n) is 2.77. The van der Waals surface area contributed by atoms with Crippen LogP contribution in [0.1, 0.15) is 47.9 Å². The molecule has 96 valence electrons. The normalized spacial score (nSPS) is 16.7. The fourth-order valence-corrected chi connectivity index (χ4v) is 2.09. The van der Waals surface area contributed by atoms with Gasteiger partial charge in [-0.15, -0.1) is 0 Å². The Bertz CT molecular complexity index is 503. The number of carbonyl (C=O) groups excluding carboxylic acids is 2. The Morgan fingerprint density at radius 3 is 2.83 bits per heavy atom. The highest BCUT2D eigenvalue weighted by atomic mass is 16.5. The van der Waals surface area contributed by atoms with Crippen molar-refractivity contribution in [3.63, 3.8) is 0 Å². The maximum absolute atomic E-state index is 12.1. The van der Waals surface area contributed by atoms with Gasteiger partial charge >= 0.3 is 5.97 Å². The number of benzene rings is 1. The largest absolute Gasteiger partial charge is 0.487 e. The summed E-state index contributed by atoms with van der Waals surface area (Å²) in [6.07, 6.45) is 0.260. The van der Waals surface area contributed by atoms with E-state index < -0.39 is 11.6 Å². The lowest BCUT2D eigenvalue weighted by atomic mass is 9.90. The highest BCUT2D eigenvalue weighted by molar-refractivity contribution is 6.09. The molecule has 4 nitrogen and oxygen atoms in total. The van der Waals surface area contributed by atoms with Crippen molar-refractivity contribution in [3.8, 4) is 5.75 Å². The van der Waals surface area contributed by atoms with Crippen LogP contribution in [0.25, 0.3) is 0 Å². The molecule has 0 aromatic heterocycles. The van der Waals surface area contributed by atoms with Gasteiger partial charge in [0.05, 0.1) is 24.2 Å². The summed E-state index contributed by atoms with van der Waals surface area (Å²) in [5.74, 6) is -0.0993. The van der Waals surface area contributed by atoms with Crippen LogP contribution in [0.5, 0.6) is 5.75 Å². The van der Waals surface area contributed by atoms with Crippen molar-refractivity contribution < 1.29 is 19.1 Å². The van der Waals surface area contributed by atoms with E-state index in [4.69, 9.17) is 9.47 Å². The van der Waals surface area contributed by atoms with Crippen LogP contribution >= 0.6 is 0 Å². The van der Waals surface area contributed by atoms with Gasteiger partial charge in [0.15, 0.2) is 5.78 Å². The molecule has 18 heavy (non-hydrogen) atoms. The second-order valence-electron chi connectivity index (χ2n) is 4.86. The first-order valence-electron chi connectivity index (χ1n) is 5.97. The minimum Gasteiger partial charge on any atom is -0.487 e. The SMILES string of the molecule is CCOC(=O)c1cccc2c1C(=O)CC(C)(C)O2. The number of esters is 1. The van der Waals surface area contributed by atoms with Gasteiger partial charge in [-0.1, -0.05) is 6.07 Å². The molecule has 0 spiro atoms. The van der Waals surface area contributed by atoms with E-state index in [9.17, 15) is 9.59 Å². The van der Waals surface area contributed by atoms with Crippen molar-refractivity contribution in [1.82, 2.24) is 0 Å². The van der Waals surface area contributed by atoms with Gasteiger partial charge in [-0.3, -0.25) is 4.79 Å². The Balaban J connectivity index is 2.48. The van der Waals surface area contributed by atoms with Crippen LogP contribution in [0.15, 0.2) is 18.2 Å². The molecule has 1 aliphatic heterocycles. The van der Waals surface area contributed by atoms with Crippen LogP contribution in [0.2, 0.25) is 0 Å². The zero-order valence-corrected chi connectivity index (χ0v) is 10.8. The molecule has 0 atom stereocenters. The van der Waals surface area contributed by atoms with E-state index in [1.54, 1.807) is 25.1 Å². The summed E-state index contributed by atoms with van der Waals surface area (Å²) in [5.41, 5.74) is 0.0994. The monoisotopic (exact) mass is 248 g/mol. The van der Waals surface area contributed by atoms with Gasteiger partial charge in [-0.2, -0.15) is 0 Å². The maximum atomic E-state index is 12.1. The average molecular weight is 248 g/mol. The Morgan fingerprint density at radius 2 is 2.17 bits per heavy atom. The van der Waals surface area contributed by atoms with Crippen molar-refractivity contribution in [2.75, 3.05) is 6.61 Å². The molecule has 1 aromatic rings. The summed E-state index contributed by atoms with van der Waals surface area (Å²) in [6.45, 7) is 5.72. The van der Waals surface area contributed by atoms with E-state index in [2.05, 4.69) is 0 Å². The fourth-order valence-electron chi connectivity index (χ4n) is 2.09. The van der Waals surface area contributed by atoms with E-state index in [0.717, 1.165) is 0 Å². The lowest BCUT2D eigenvalue weighted by Crippen LogP contribution is -2.36. The summed E-state index contributed by atoms with van der Waals surface area (Å²) in [6, 6.07) is 4.99. The van der Waals surface area contributed by atoms with Gasteiger partial charge in [0, 0.05) is 0 Å². The molecule has 0 aliphatic carbocycles. The van der Waals surface area contributed by atoms with Crippen molar-refractivity contribution in [3.05, 3.63) is 29.3 Å². The summed E-state index contributed by atoms with van der Waals surface area (Å²) in [5, 5.41) is 0. The van der Waals surface area contributed by atoms with Crippen LogP contribution in [0.4, 0.5) is 0 Å². The fraction of sp³-hybridized carbons (Fsp3) is 0.429. The van der Waals surface area contributed by atoms with E-state index in [1.165, 1.54) is 0 Å². The minimum absolute atomic E-state index is 0.0788. The number of rotatable bonds is 2. The predicted octanol–water partition coefficient (Wildman–Crippen LogP) is 2.61. The van der Waals surface area contributed by atoms with Crippen LogP contribution in [-0.2, 0) is 4.74 Å². The molecular formula is C14H16O4. The lowest BCUT2D eigenvalue weighted by Gasteiger charge is -2.32. The van der Waals surface area contributed by atoms with Crippen LogP contribution in [0.3, 0.4) is 0 Å². The molecule has 1 aromatic carbocycles. The molecule has 1 heterocycles. The molecule has 4 heteroatoms.